The zero-order valence-corrected chi connectivity index (χ0v) is 24.5. The average Bonchev–Trinajstić information content (AvgIpc) is 2.92. The van der Waals surface area contributed by atoms with Crippen LogP contribution in [-0.4, -0.2) is 24.4 Å². The van der Waals surface area contributed by atoms with Gasteiger partial charge < -0.3 is 9.47 Å². The highest BCUT2D eigenvalue weighted by Gasteiger charge is 2.16. The normalized spacial score (nSPS) is 11.9. The van der Waals surface area contributed by atoms with Gasteiger partial charge in [-0.2, -0.15) is 0 Å². The third-order valence-corrected chi connectivity index (χ3v) is 7.79. The zero-order chi connectivity index (χ0) is 26.6. The van der Waals surface area contributed by atoms with Gasteiger partial charge >= 0.3 is 5.97 Å². The van der Waals surface area contributed by atoms with Crippen LogP contribution in [0.5, 0.6) is 5.75 Å². The number of benzene rings is 2. The summed E-state index contributed by atoms with van der Waals surface area (Å²) >= 11 is 1.96. The minimum atomic E-state index is -0.608. The Balaban J connectivity index is 1.65. The number of rotatable bonds is 21. The van der Waals surface area contributed by atoms with E-state index in [1.54, 1.807) is 6.92 Å². The molecule has 1 atom stereocenters. The van der Waals surface area contributed by atoms with Gasteiger partial charge in [0, 0.05) is 4.90 Å². The van der Waals surface area contributed by atoms with Crippen molar-refractivity contribution in [3.63, 3.8) is 0 Å². The quantitative estimate of drug-likeness (QED) is 0.0920. The van der Waals surface area contributed by atoms with Crippen LogP contribution < -0.4 is 4.74 Å². The molecule has 0 amide bonds. The van der Waals surface area contributed by atoms with Gasteiger partial charge in [0.15, 0.2) is 6.10 Å². The molecule has 0 heterocycles. The lowest BCUT2D eigenvalue weighted by Gasteiger charge is -2.14. The fraction of sp³-hybridized carbons (Fsp3) is 0.606. The van der Waals surface area contributed by atoms with E-state index in [2.05, 4.69) is 38.1 Å². The summed E-state index contributed by atoms with van der Waals surface area (Å²) in [5, 5.41) is 0. The molecule has 4 heteroatoms. The lowest BCUT2D eigenvalue weighted by atomic mass is 10.1. The van der Waals surface area contributed by atoms with Crippen molar-refractivity contribution in [1.82, 2.24) is 0 Å². The van der Waals surface area contributed by atoms with E-state index in [-0.39, 0.29) is 5.97 Å². The van der Waals surface area contributed by atoms with E-state index in [0.717, 1.165) is 18.4 Å². The number of esters is 1. The molecule has 2 rings (SSSR count). The van der Waals surface area contributed by atoms with Gasteiger partial charge in [-0.25, -0.2) is 4.79 Å². The Bertz CT molecular complexity index is 832. The summed E-state index contributed by atoms with van der Waals surface area (Å²) in [6.07, 6.45) is 17.4. The maximum atomic E-state index is 12.2. The standard InChI is InChI=1S/C33H50O3S/c1-4-6-8-10-12-13-15-17-27-37-32-24-20-30(21-25-32)29-18-22-31(23-19-29)36-28(3)33(34)35-26-16-14-11-9-7-5-2/h18-25,28H,4-17,26-27H2,1-3H3/t28-/m1/s1. The van der Waals surface area contributed by atoms with Crippen LogP contribution in [0.4, 0.5) is 0 Å². The second kappa shape index (κ2) is 20.1. The lowest BCUT2D eigenvalue weighted by molar-refractivity contribution is -0.151. The van der Waals surface area contributed by atoms with Gasteiger partial charge in [-0.15, -0.1) is 11.8 Å². The number of carbonyl (C=O) groups is 1. The summed E-state index contributed by atoms with van der Waals surface area (Å²) in [4.78, 5) is 13.6. The second-order valence-electron chi connectivity index (χ2n) is 10.1. The van der Waals surface area contributed by atoms with Crippen LogP contribution in [0.25, 0.3) is 11.1 Å². The maximum absolute atomic E-state index is 12.2. The van der Waals surface area contributed by atoms with Gasteiger partial charge in [0.1, 0.15) is 5.75 Å². The first-order valence-corrected chi connectivity index (χ1v) is 15.8. The molecular formula is C33H50O3S. The first-order chi connectivity index (χ1) is 18.1. The van der Waals surface area contributed by atoms with E-state index < -0.39 is 6.10 Å². The van der Waals surface area contributed by atoms with Crippen molar-refractivity contribution in [1.29, 1.82) is 0 Å². The number of carbonyl (C=O) groups excluding carboxylic acids is 1. The van der Waals surface area contributed by atoms with Crippen molar-refractivity contribution in [3.8, 4) is 16.9 Å². The molecule has 0 unspecified atom stereocenters. The number of unbranched alkanes of at least 4 members (excludes halogenated alkanes) is 12. The number of thioether (sulfide) groups is 1. The molecule has 3 nitrogen and oxygen atoms in total. The predicted octanol–water partition coefficient (Wildman–Crippen LogP) is 10.3. The molecule has 37 heavy (non-hydrogen) atoms. The molecule has 0 radical (unpaired) electrons. The van der Waals surface area contributed by atoms with Crippen LogP contribution in [0.1, 0.15) is 111 Å². The smallest absolute Gasteiger partial charge is 0.347 e. The van der Waals surface area contributed by atoms with E-state index in [1.165, 1.54) is 93.3 Å². The van der Waals surface area contributed by atoms with Crippen molar-refractivity contribution in [2.75, 3.05) is 12.4 Å². The van der Waals surface area contributed by atoms with Crippen molar-refractivity contribution < 1.29 is 14.3 Å². The Labute approximate surface area is 231 Å². The Morgan fingerprint density at radius 2 is 1.16 bits per heavy atom. The predicted molar refractivity (Wildman–Crippen MR) is 160 cm³/mol. The minimum Gasteiger partial charge on any atom is -0.479 e. The van der Waals surface area contributed by atoms with E-state index >= 15 is 0 Å². The molecule has 0 saturated carbocycles. The van der Waals surface area contributed by atoms with Gasteiger partial charge in [-0.3, -0.25) is 0 Å². The van der Waals surface area contributed by atoms with Gasteiger partial charge in [-0.1, -0.05) is 115 Å². The maximum Gasteiger partial charge on any atom is 0.347 e. The Morgan fingerprint density at radius 3 is 1.73 bits per heavy atom. The highest BCUT2D eigenvalue weighted by Crippen LogP contribution is 2.27. The number of hydrogen-bond acceptors (Lipinski definition) is 4. The zero-order valence-electron chi connectivity index (χ0n) is 23.6. The summed E-state index contributed by atoms with van der Waals surface area (Å²) in [5.74, 6) is 1.59. The summed E-state index contributed by atoms with van der Waals surface area (Å²) in [6.45, 7) is 6.72. The highest BCUT2D eigenvalue weighted by atomic mass is 32.2. The lowest BCUT2D eigenvalue weighted by Crippen LogP contribution is -2.26. The van der Waals surface area contributed by atoms with Crippen LogP contribution in [0.3, 0.4) is 0 Å². The first-order valence-electron chi connectivity index (χ1n) is 14.8. The summed E-state index contributed by atoms with van der Waals surface area (Å²) < 4.78 is 11.2. The third kappa shape index (κ3) is 14.0. The van der Waals surface area contributed by atoms with Gasteiger partial charge in [-0.05, 0) is 60.9 Å². The van der Waals surface area contributed by atoms with E-state index in [4.69, 9.17) is 9.47 Å². The average molecular weight is 527 g/mol. The van der Waals surface area contributed by atoms with E-state index in [9.17, 15) is 4.79 Å². The van der Waals surface area contributed by atoms with E-state index in [0.29, 0.717) is 12.4 Å². The number of hydrogen-bond donors (Lipinski definition) is 0. The molecule has 0 N–H and O–H groups in total. The van der Waals surface area contributed by atoms with Gasteiger partial charge in [0.2, 0.25) is 0 Å². The SMILES string of the molecule is CCCCCCCCCCSc1ccc(-c2ccc(O[C@H](C)C(=O)OCCCCCCCC)cc2)cc1. The topological polar surface area (TPSA) is 35.5 Å². The van der Waals surface area contributed by atoms with Crippen LogP contribution in [0, 0.1) is 0 Å². The van der Waals surface area contributed by atoms with Gasteiger partial charge in [0.25, 0.3) is 0 Å². The fourth-order valence-corrected chi connectivity index (χ4v) is 5.23. The molecule has 0 aliphatic carbocycles. The second-order valence-corrected chi connectivity index (χ2v) is 11.2. The van der Waals surface area contributed by atoms with Crippen LogP contribution in [0.15, 0.2) is 53.4 Å². The van der Waals surface area contributed by atoms with E-state index in [1.807, 2.05) is 36.0 Å². The summed E-state index contributed by atoms with van der Waals surface area (Å²) in [6, 6.07) is 16.8. The Hall–Kier alpha value is -1.94. The van der Waals surface area contributed by atoms with Crippen molar-refractivity contribution in [2.45, 2.75) is 122 Å². The molecule has 0 bridgehead atoms. The molecule has 206 valence electrons. The molecule has 0 spiro atoms. The highest BCUT2D eigenvalue weighted by molar-refractivity contribution is 7.99. The molecule has 0 aliphatic heterocycles. The molecule has 0 aromatic heterocycles. The molecule has 0 fully saturated rings. The molecule has 2 aromatic carbocycles. The molecule has 0 saturated heterocycles. The third-order valence-electron chi connectivity index (χ3n) is 6.70. The monoisotopic (exact) mass is 526 g/mol. The van der Waals surface area contributed by atoms with Crippen molar-refractivity contribution in [2.24, 2.45) is 0 Å². The summed E-state index contributed by atoms with van der Waals surface area (Å²) in [7, 11) is 0. The number of ether oxygens (including phenoxy) is 2. The molecular weight excluding hydrogens is 476 g/mol. The molecule has 0 aliphatic rings. The van der Waals surface area contributed by atoms with Crippen LogP contribution in [-0.2, 0) is 9.53 Å². The largest absolute Gasteiger partial charge is 0.479 e. The van der Waals surface area contributed by atoms with Gasteiger partial charge in [0.05, 0.1) is 6.61 Å². The Morgan fingerprint density at radius 1 is 0.676 bits per heavy atom. The molecule has 2 aromatic rings. The van der Waals surface area contributed by atoms with Crippen molar-refractivity contribution >= 4 is 17.7 Å². The van der Waals surface area contributed by atoms with Crippen molar-refractivity contribution in [3.05, 3.63) is 48.5 Å². The minimum absolute atomic E-state index is 0.294. The Kier molecular flexibility index (Phi) is 17.0. The van der Waals surface area contributed by atoms with Crippen LogP contribution in [0.2, 0.25) is 0 Å². The fourth-order valence-electron chi connectivity index (χ4n) is 4.32. The summed E-state index contributed by atoms with van der Waals surface area (Å²) in [5.41, 5.74) is 2.33. The first kappa shape index (κ1) is 31.3. The van der Waals surface area contributed by atoms with Crippen LogP contribution >= 0.6 is 11.8 Å².